The van der Waals surface area contributed by atoms with Crippen LogP contribution in [-0.2, 0) is 0 Å². The summed E-state index contributed by atoms with van der Waals surface area (Å²) in [4.78, 5) is 0. The van der Waals surface area contributed by atoms with E-state index in [1.165, 1.54) is 0 Å². The van der Waals surface area contributed by atoms with E-state index >= 15 is 0 Å². The van der Waals surface area contributed by atoms with Crippen LogP contribution < -0.4 is 0 Å². The topological polar surface area (TPSA) is 47.6 Å². The number of hydrogen-bond acceptors (Lipinski definition) is 2. The molecule has 0 rings (SSSR count). The SMILES string of the molecule is N#C/C=C\[13C]#N. The molecule has 0 aromatic carbocycles. The molecule has 0 aliphatic rings. The summed E-state index contributed by atoms with van der Waals surface area (Å²) in [5, 5.41) is 15.4. The molecule has 0 spiro atoms. The Morgan fingerprint density at radius 3 is 1.50 bits per heavy atom. The van der Waals surface area contributed by atoms with Gasteiger partial charge in [0.1, 0.15) is 0 Å². The summed E-state index contributed by atoms with van der Waals surface area (Å²) < 4.78 is 0. The molecule has 28 valence electrons. The van der Waals surface area contributed by atoms with Crippen LogP contribution in [0.2, 0.25) is 0 Å². The summed E-state index contributed by atoms with van der Waals surface area (Å²) in [6.45, 7) is 0. The predicted octanol–water partition coefficient (Wildman–Crippen LogP) is 0.590. The van der Waals surface area contributed by atoms with Gasteiger partial charge in [0, 0.05) is 12.2 Å². The Bertz CT molecular complexity index is 105. The molecule has 0 aliphatic carbocycles. The Morgan fingerprint density at radius 2 is 1.33 bits per heavy atom. The molecule has 0 aromatic heterocycles. The fourth-order valence-corrected chi connectivity index (χ4v) is 0.0745. The maximum atomic E-state index is 7.71. The highest BCUT2D eigenvalue weighted by Gasteiger charge is 1.54. The van der Waals surface area contributed by atoms with Gasteiger partial charge in [-0.3, -0.25) is 0 Å². The molecule has 6 heavy (non-hydrogen) atoms. The Morgan fingerprint density at radius 1 is 1.00 bits per heavy atom. The van der Waals surface area contributed by atoms with Crippen molar-refractivity contribution in [2.24, 2.45) is 0 Å². The average Bonchev–Trinajstić information content (AvgIpc) is 1.61. The first-order chi connectivity index (χ1) is 2.91. The van der Waals surface area contributed by atoms with Crippen LogP contribution in [0.15, 0.2) is 12.2 Å². The van der Waals surface area contributed by atoms with Gasteiger partial charge < -0.3 is 0 Å². The molecule has 0 saturated heterocycles. The van der Waals surface area contributed by atoms with E-state index in [0.717, 1.165) is 12.2 Å². The lowest BCUT2D eigenvalue weighted by atomic mass is 10.7. The minimum absolute atomic E-state index is 1.12. The first-order valence-corrected chi connectivity index (χ1v) is 1.36. The van der Waals surface area contributed by atoms with Crippen LogP contribution in [0, 0.1) is 22.7 Å². The number of allylic oxidation sites excluding steroid dienone is 2. The molecular weight excluding hydrogens is 77.1 g/mol. The van der Waals surface area contributed by atoms with E-state index in [0.29, 0.717) is 0 Å². The molecule has 0 unspecified atom stereocenters. The van der Waals surface area contributed by atoms with Crippen molar-refractivity contribution >= 4 is 0 Å². The third-order valence-corrected chi connectivity index (χ3v) is 0.232. The minimum Gasteiger partial charge on any atom is -0.193 e. The molecule has 2 heteroatoms. The fourth-order valence-electron chi connectivity index (χ4n) is 0.0745. The third kappa shape index (κ3) is 2.72. The molecule has 0 bridgehead atoms. The zero-order valence-corrected chi connectivity index (χ0v) is 3.05. The maximum absolute atomic E-state index is 7.71. The first-order valence-electron chi connectivity index (χ1n) is 1.36. The lowest BCUT2D eigenvalue weighted by Gasteiger charge is -1.46. The Balaban J connectivity index is 3.36. The van der Waals surface area contributed by atoms with E-state index in [2.05, 4.69) is 0 Å². The molecular formula is C4H2N2. The number of hydrogen-bond donors (Lipinski definition) is 0. The minimum atomic E-state index is 1.12. The highest BCUT2D eigenvalue weighted by molar-refractivity contribution is 5.11. The second kappa shape index (κ2) is 3.72. The molecule has 0 N–H and O–H groups in total. The molecule has 0 heterocycles. The van der Waals surface area contributed by atoms with Gasteiger partial charge in [-0.25, -0.2) is 0 Å². The van der Waals surface area contributed by atoms with Gasteiger partial charge in [-0.05, 0) is 0 Å². The van der Waals surface area contributed by atoms with Crippen molar-refractivity contribution < 1.29 is 0 Å². The molecule has 0 fully saturated rings. The van der Waals surface area contributed by atoms with Crippen LogP contribution in [0.3, 0.4) is 0 Å². The number of nitriles is 2. The summed E-state index contributed by atoms with van der Waals surface area (Å²) in [5.41, 5.74) is 0. The molecule has 0 aliphatic heterocycles. The lowest BCUT2D eigenvalue weighted by Crippen LogP contribution is -1.40. The second-order valence-corrected chi connectivity index (χ2v) is 0.592. The van der Waals surface area contributed by atoms with Crippen LogP contribution in [0.5, 0.6) is 0 Å². The standard InChI is InChI=1S/C4H2N2/c5-3-1-2-4-6/h1-2H/b2-1-/i3+1. The largest absolute Gasteiger partial charge is 0.193 e. The van der Waals surface area contributed by atoms with E-state index in [9.17, 15) is 0 Å². The number of nitrogens with zero attached hydrogens (tertiary/aromatic N) is 2. The molecule has 0 aromatic rings. The average molecular weight is 79.1 g/mol. The number of rotatable bonds is 0. The normalized spacial score (nSPS) is 7.00. The summed E-state index contributed by atoms with van der Waals surface area (Å²) in [6.07, 6.45) is 2.25. The van der Waals surface area contributed by atoms with E-state index in [1.807, 2.05) is 0 Å². The van der Waals surface area contributed by atoms with Crippen LogP contribution in [0.1, 0.15) is 0 Å². The lowest BCUT2D eigenvalue weighted by molar-refractivity contribution is 1.52. The molecule has 0 amide bonds. The maximum Gasteiger partial charge on any atom is 0.0919 e. The third-order valence-electron chi connectivity index (χ3n) is 0.232. The molecule has 0 atom stereocenters. The van der Waals surface area contributed by atoms with Crippen molar-refractivity contribution in [3.05, 3.63) is 12.2 Å². The highest BCUT2D eigenvalue weighted by atomic mass is 14.4. The Labute approximate surface area is 35.9 Å². The van der Waals surface area contributed by atoms with Gasteiger partial charge >= 0.3 is 0 Å². The molecule has 0 radical (unpaired) electrons. The van der Waals surface area contributed by atoms with Crippen LogP contribution >= 0.6 is 0 Å². The smallest absolute Gasteiger partial charge is 0.0919 e. The fraction of sp³-hybridized carbons (Fsp3) is 0. The van der Waals surface area contributed by atoms with E-state index in [4.69, 9.17) is 10.5 Å². The van der Waals surface area contributed by atoms with Crippen molar-refractivity contribution in [2.45, 2.75) is 0 Å². The van der Waals surface area contributed by atoms with Crippen LogP contribution in [0.25, 0.3) is 0 Å². The summed E-state index contributed by atoms with van der Waals surface area (Å²) >= 11 is 0. The van der Waals surface area contributed by atoms with E-state index in [-0.39, 0.29) is 0 Å². The van der Waals surface area contributed by atoms with Crippen molar-refractivity contribution in [1.82, 2.24) is 0 Å². The molecule has 0 saturated carbocycles. The van der Waals surface area contributed by atoms with Crippen molar-refractivity contribution in [2.75, 3.05) is 0 Å². The van der Waals surface area contributed by atoms with Crippen LogP contribution in [0.4, 0.5) is 0 Å². The monoisotopic (exact) mass is 79.0 g/mol. The zero-order valence-electron chi connectivity index (χ0n) is 3.05. The summed E-state index contributed by atoms with van der Waals surface area (Å²) in [6, 6.07) is 3.33. The quantitative estimate of drug-likeness (QED) is 0.315. The van der Waals surface area contributed by atoms with Crippen molar-refractivity contribution in [1.29, 1.82) is 10.5 Å². The summed E-state index contributed by atoms with van der Waals surface area (Å²) in [5.74, 6) is 0. The van der Waals surface area contributed by atoms with Gasteiger partial charge in [-0.15, -0.1) is 0 Å². The second-order valence-electron chi connectivity index (χ2n) is 0.592. The van der Waals surface area contributed by atoms with Gasteiger partial charge in [-0.2, -0.15) is 10.5 Å². The van der Waals surface area contributed by atoms with E-state index in [1.54, 1.807) is 12.1 Å². The predicted molar refractivity (Wildman–Crippen MR) is 20.4 cm³/mol. The highest BCUT2D eigenvalue weighted by Crippen LogP contribution is 1.59. The van der Waals surface area contributed by atoms with Crippen molar-refractivity contribution in [3.8, 4) is 12.1 Å². The molecule has 2 nitrogen and oxygen atoms in total. The van der Waals surface area contributed by atoms with Gasteiger partial charge in [-0.1, -0.05) is 0 Å². The van der Waals surface area contributed by atoms with Crippen molar-refractivity contribution in [3.63, 3.8) is 0 Å². The first kappa shape index (κ1) is 4.72. The van der Waals surface area contributed by atoms with E-state index < -0.39 is 0 Å². The van der Waals surface area contributed by atoms with Gasteiger partial charge in [0.2, 0.25) is 0 Å². The van der Waals surface area contributed by atoms with Gasteiger partial charge in [0.25, 0.3) is 0 Å². The van der Waals surface area contributed by atoms with Gasteiger partial charge in [0.05, 0.1) is 12.1 Å². The van der Waals surface area contributed by atoms with Gasteiger partial charge in [0.15, 0.2) is 0 Å². The zero-order chi connectivity index (χ0) is 4.83. The Kier molecular flexibility index (Phi) is 2.93. The Hall–Kier alpha value is -1.28. The van der Waals surface area contributed by atoms with Crippen LogP contribution in [-0.4, -0.2) is 0 Å². The summed E-state index contributed by atoms with van der Waals surface area (Å²) in [7, 11) is 0.